The summed E-state index contributed by atoms with van der Waals surface area (Å²) in [6, 6.07) is 6.41. The van der Waals surface area contributed by atoms with Gasteiger partial charge in [0.2, 0.25) is 0 Å². The number of allylic oxidation sites excluding steroid dienone is 1. The number of pyridine rings is 1. The van der Waals surface area contributed by atoms with Gasteiger partial charge in [0.15, 0.2) is 0 Å². The van der Waals surface area contributed by atoms with Crippen LogP contribution in [0.15, 0.2) is 36.2 Å². The zero-order chi connectivity index (χ0) is 12.6. The second-order valence-corrected chi connectivity index (χ2v) is 4.57. The summed E-state index contributed by atoms with van der Waals surface area (Å²) in [5, 5.41) is 3.50. The molecule has 1 aliphatic heterocycles. The van der Waals surface area contributed by atoms with Crippen molar-refractivity contribution in [2.45, 2.75) is 38.6 Å². The summed E-state index contributed by atoms with van der Waals surface area (Å²) >= 11 is 0. The SMILES string of the molecule is CCNC(CCc1ccccn1)C1=CCCCO1. The Morgan fingerprint density at radius 1 is 1.44 bits per heavy atom. The second-order valence-electron chi connectivity index (χ2n) is 4.57. The van der Waals surface area contributed by atoms with Crippen molar-refractivity contribution in [2.75, 3.05) is 13.2 Å². The van der Waals surface area contributed by atoms with E-state index in [-0.39, 0.29) is 0 Å². The molecule has 0 amide bonds. The molecule has 0 saturated heterocycles. The second kappa shape index (κ2) is 7.17. The van der Waals surface area contributed by atoms with Gasteiger partial charge in [-0.15, -0.1) is 0 Å². The van der Waals surface area contributed by atoms with Crippen LogP contribution in [-0.4, -0.2) is 24.2 Å². The van der Waals surface area contributed by atoms with Crippen LogP contribution in [0.2, 0.25) is 0 Å². The summed E-state index contributed by atoms with van der Waals surface area (Å²) in [6.07, 6.45) is 8.39. The number of rotatable bonds is 6. The van der Waals surface area contributed by atoms with E-state index in [2.05, 4.69) is 29.4 Å². The van der Waals surface area contributed by atoms with E-state index < -0.39 is 0 Å². The van der Waals surface area contributed by atoms with Gasteiger partial charge >= 0.3 is 0 Å². The lowest BCUT2D eigenvalue weighted by Crippen LogP contribution is -2.33. The van der Waals surface area contributed by atoms with E-state index in [1.54, 1.807) is 0 Å². The van der Waals surface area contributed by atoms with Gasteiger partial charge in [0.1, 0.15) is 5.76 Å². The van der Waals surface area contributed by atoms with Crippen LogP contribution in [0.25, 0.3) is 0 Å². The lowest BCUT2D eigenvalue weighted by Gasteiger charge is -2.24. The van der Waals surface area contributed by atoms with Crippen molar-refractivity contribution in [3.63, 3.8) is 0 Å². The highest BCUT2D eigenvalue weighted by Crippen LogP contribution is 2.17. The summed E-state index contributed by atoms with van der Waals surface area (Å²) in [5.74, 6) is 1.12. The van der Waals surface area contributed by atoms with E-state index in [0.29, 0.717) is 6.04 Å². The zero-order valence-electron chi connectivity index (χ0n) is 11.1. The highest BCUT2D eigenvalue weighted by Gasteiger charge is 2.16. The van der Waals surface area contributed by atoms with Crippen LogP contribution in [0.3, 0.4) is 0 Å². The van der Waals surface area contributed by atoms with E-state index in [1.807, 2.05) is 18.3 Å². The number of hydrogen-bond donors (Lipinski definition) is 1. The summed E-state index contributed by atoms with van der Waals surface area (Å²) in [5.41, 5.74) is 1.15. The number of nitrogens with one attached hydrogen (secondary N) is 1. The lowest BCUT2D eigenvalue weighted by molar-refractivity contribution is 0.165. The Morgan fingerprint density at radius 2 is 2.39 bits per heavy atom. The van der Waals surface area contributed by atoms with Gasteiger partial charge in [-0.2, -0.15) is 0 Å². The average molecular weight is 246 g/mol. The molecule has 0 fully saturated rings. The third kappa shape index (κ3) is 3.84. The Morgan fingerprint density at radius 3 is 3.06 bits per heavy atom. The molecular formula is C15H22N2O. The van der Waals surface area contributed by atoms with Gasteiger partial charge in [-0.1, -0.05) is 13.0 Å². The van der Waals surface area contributed by atoms with Crippen LogP contribution in [0, 0.1) is 0 Å². The molecule has 2 heterocycles. The van der Waals surface area contributed by atoms with Gasteiger partial charge in [-0.3, -0.25) is 4.98 Å². The fourth-order valence-electron chi connectivity index (χ4n) is 2.25. The zero-order valence-corrected chi connectivity index (χ0v) is 11.1. The van der Waals surface area contributed by atoms with Gasteiger partial charge < -0.3 is 10.1 Å². The largest absolute Gasteiger partial charge is 0.497 e. The smallest absolute Gasteiger partial charge is 0.109 e. The maximum Gasteiger partial charge on any atom is 0.109 e. The first-order valence-corrected chi connectivity index (χ1v) is 6.86. The first-order chi connectivity index (χ1) is 8.90. The van der Waals surface area contributed by atoms with E-state index in [4.69, 9.17) is 4.74 Å². The first kappa shape index (κ1) is 13.1. The monoisotopic (exact) mass is 246 g/mol. The fraction of sp³-hybridized carbons (Fsp3) is 0.533. The van der Waals surface area contributed by atoms with Gasteiger partial charge in [0, 0.05) is 11.9 Å². The van der Waals surface area contributed by atoms with Crippen molar-refractivity contribution in [2.24, 2.45) is 0 Å². The van der Waals surface area contributed by atoms with E-state index >= 15 is 0 Å². The van der Waals surface area contributed by atoms with Gasteiger partial charge in [-0.05, 0) is 50.4 Å². The molecule has 1 N–H and O–H groups in total. The van der Waals surface area contributed by atoms with Crippen LogP contribution < -0.4 is 5.32 Å². The number of aromatic nitrogens is 1. The van der Waals surface area contributed by atoms with Crippen LogP contribution in [0.5, 0.6) is 0 Å². The molecule has 3 heteroatoms. The predicted molar refractivity (Wildman–Crippen MR) is 73.3 cm³/mol. The van der Waals surface area contributed by atoms with Crippen LogP contribution in [0.4, 0.5) is 0 Å². The van der Waals surface area contributed by atoms with Gasteiger partial charge in [0.05, 0.1) is 12.6 Å². The molecule has 0 bridgehead atoms. The highest BCUT2D eigenvalue weighted by molar-refractivity contribution is 5.09. The Hall–Kier alpha value is -1.35. The molecule has 3 nitrogen and oxygen atoms in total. The average Bonchev–Trinajstić information content (AvgIpc) is 2.45. The number of ether oxygens (including phenoxy) is 1. The molecule has 1 aromatic rings. The molecule has 1 atom stereocenters. The molecule has 0 aromatic carbocycles. The van der Waals surface area contributed by atoms with E-state index in [0.717, 1.165) is 50.3 Å². The Balaban J connectivity index is 1.91. The van der Waals surface area contributed by atoms with Crippen molar-refractivity contribution >= 4 is 0 Å². The minimum absolute atomic E-state index is 0.331. The van der Waals surface area contributed by atoms with Gasteiger partial charge in [0.25, 0.3) is 0 Å². The Kier molecular flexibility index (Phi) is 5.21. The molecule has 18 heavy (non-hydrogen) atoms. The van der Waals surface area contributed by atoms with Crippen LogP contribution >= 0.6 is 0 Å². The van der Waals surface area contributed by atoms with E-state index in [9.17, 15) is 0 Å². The number of likely N-dealkylation sites (N-methyl/N-ethyl adjacent to an activating group) is 1. The molecule has 0 spiro atoms. The third-order valence-corrected chi connectivity index (χ3v) is 3.17. The molecule has 1 aliphatic rings. The fourth-order valence-corrected chi connectivity index (χ4v) is 2.25. The van der Waals surface area contributed by atoms with Crippen molar-refractivity contribution < 1.29 is 4.74 Å². The van der Waals surface area contributed by atoms with Crippen LogP contribution in [-0.2, 0) is 11.2 Å². The first-order valence-electron chi connectivity index (χ1n) is 6.86. The normalized spacial score (nSPS) is 16.8. The Labute approximate surface area is 109 Å². The Bertz CT molecular complexity index is 375. The quantitative estimate of drug-likeness (QED) is 0.838. The number of aryl methyl sites for hydroxylation is 1. The summed E-state index contributed by atoms with van der Waals surface area (Å²) in [4.78, 5) is 4.37. The summed E-state index contributed by atoms with van der Waals surface area (Å²) in [6.45, 7) is 3.96. The van der Waals surface area contributed by atoms with Crippen molar-refractivity contribution in [3.05, 3.63) is 41.9 Å². The standard InChI is InChI=1S/C15H22N2O/c1-2-16-14(15-8-4-6-12-18-15)10-9-13-7-3-5-11-17-13/h3,5,7-8,11,14,16H,2,4,6,9-10,12H2,1H3. The predicted octanol–water partition coefficient (Wildman–Crippen LogP) is 2.69. The third-order valence-electron chi connectivity index (χ3n) is 3.17. The van der Waals surface area contributed by atoms with Crippen molar-refractivity contribution in [1.82, 2.24) is 10.3 Å². The number of hydrogen-bond acceptors (Lipinski definition) is 3. The summed E-state index contributed by atoms with van der Waals surface area (Å²) < 4.78 is 5.76. The minimum atomic E-state index is 0.331. The molecule has 0 saturated carbocycles. The molecule has 0 radical (unpaired) electrons. The maximum absolute atomic E-state index is 5.76. The molecule has 1 aromatic heterocycles. The maximum atomic E-state index is 5.76. The van der Waals surface area contributed by atoms with Crippen molar-refractivity contribution in [1.29, 1.82) is 0 Å². The molecule has 0 aliphatic carbocycles. The molecular weight excluding hydrogens is 224 g/mol. The molecule has 98 valence electrons. The number of nitrogens with zero attached hydrogens (tertiary/aromatic N) is 1. The van der Waals surface area contributed by atoms with Crippen LogP contribution in [0.1, 0.15) is 31.9 Å². The highest BCUT2D eigenvalue weighted by atomic mass is 16.5. The lowest BCUT2D eigenvalue weighted by atomic mass is 10.0. The topological polar surface area (TPSA) is 34.2 Å². The minimum Gasteiger partial charge on any atom is -0.497 e. The van der Waals surface area contributed by atoms with E-state index in [1.165, 1.54) is 0 Å². The molecule has 1 unspecified atom stereocenters. The molecule has 2 rings (SSSR count). The van der Waals surface area contributed by atoms with Crippen molar-refractivity contribution in [3.8, 4) is 0 Å². The summed E-state index contributed by atoms with van der Waals surface area (Å²) in [7, 11) is 0. The van der Waals surface area contributed by atoms with Gasteiger partial charge in [-0.25, -0.2) is 0 Å².